The Morgan fingerprint density at radius 2 is 1.42 bits per heavy atom. The topological polar surface area (TPSA) is 59.0 Å². The van der Waals surface area contributed by atoms with Crippen molar-refractivity contribution in [2.24, 2.45) is 9.98 Å². The number of allylic oxidation sites excluding steroid dienone is 5. The van der Waals surface area contributed by atoms with Crippen LogP contribution in [0.4, 0.5) is 0 Å². The first-order chi connectivity index (χ1) is 18.9. The lowest BCUT2D eigenvalue weighted by atomic mass is 9.88. The third kappa shape index (κ3) is 6.08. The highest BCUT2D eigenvalue weighted by atomic mass is 15.1. The van der Waals surface area contributed by atoms with Gasteiger partial charge in [0, 0.05) is 30.9 Å². The van der Waals surface area contributed by atoms with Gasteiger partial charge in [-0.2, -0.15) is 0 Å². The highest BCUT2D eigenvalue weighted by Crippen LogP contribution is 2.37. The van der Waals surface area contributed by atoms with Crippen molar-refractivity contribution in [2.75, 3.05) is 39.3 Å². The van der Waals surface area contributed by atoms with Gasteiger partial charge in [-0.25, -0.2) is 9.98 Å². The molecule has 0 spiro atoms. The molecule has 5 rings (SSSR count). The van der Waals surface area contributed by atoms with Gasteiger partial charge in [-0.3, -0.25) is 0 Å². The molecule has 200 valence electrons. The molecule has 0 aromatic carbocycles. The zero-order valence-corrected chi connectivity index (χ0v) is 23.3. The van der Waals surface area contributed by atoms with Gasteiger partial charge in [0.2, 0.25) is 0 Å². The molecular formula is C32H42N6. The molecule has 0 saturated carbocycles. The minimum atomic E-state index is -0.552. The average molecular weight is 512 g/mol. The van der Waals surface area contributed by atoms with Crippen LogP contribution >= 0.6 is 0 Å². The third-order valence-corrected chi connectivity index (χ3v) is 7.87. The number of aromatic nitrogens is 1. The molecule has 4 aliphatic heterocycles. The summed E-state index contributed by atoms with van der Waals surface area (Å²) in [6.45, 7) is 14.7. The highest BCUT2D eigenvalue weighted by Gasteiger charge is 2.36. The van der Waals surface area contributed by atoms with E-state index in [1.807, 2.05) is 0 Å². The van der Waals surface area contributed by atoms with Crippen molar-refractivity contribution < 1.29 is 1.37 Å². The Morgan fingerprint density at radius 3 is 2.08 bits per heavy atom. The summed E-state index contributed by atoms with van der Waals surface area (Å²) >= 11 is 0. The van der Waals surface area contributed by atoms with E-state index in [-0.39, 0.29) is 0 Å². The Bertz CT molecular complexity index is 1410. The molecule has 2 atom stereocenters. The molecule has 4 aliphatic rings. The predicted octanol–water partition coefficient (Wildman–Crippen LogP) is 3.83. The number of aliphatic imine (C=N–C) groups is 2. The number of nitrogens with zero attached hydrogens (tertiary/aromatic N) is 4. The molecule has 0 amide bonds. The van der Waals surface area contributed by atoms with E-state index in [0.717, 1.165) is 96.9 Å². The van der Waals surface area contributed by atoms with Crippen LogP contribution in [-0.4, -0.2) is 71.0 Å². The quantitative estimate of drug-likeness (QED) is 0.502. The van der Waals surface area contributed by atoms with E-state index in [4.69, 9.17) is 9.98 Å². The number of H-pyrrole nitrogens is 1. The van der Waals surface area contributed by atoms with Gasteiger partial charge in [0.25, 0.3) is 0 Å². The third-order valence-electron chi connectivity index (χ3n) is 7.87. The summed E-state index contributed by atoms with van der Waals surface area (Å²) in [4.78, 5) is 18.2. The second-order valence-corrected chi connectivity index (χ2v) is 10.3. The first-order valence-corrected chi connectivity index (χ1v) is 14.2. The van der Waals surface area contributed by atoms with Gasteiger partial charge in [0.15, 0.2) is 0 Å². The van der Waals surface area contributed by atoms with Gasteiger partial charge in [0.1, 0.15) is 0 Å². The number of fused-ring (bicyclic) bond motifs is 6. The lowest BCUT2D eigenvalue weighted by Crippen LogP contribution is -2.42. The van der Waals surface area contributed by atoms with Crippen LogP contribution in [0.15, 0.2) is 81.2 Å². The second kappa shape index (κ2) is 11.7. The van der Waals surface area contributed by atoms with E-state index >= 15 is 0 Å². The highest BCUT2D eigenvalue weighted by molar-refractivity contribution is 6.20. The Hall–Kier alpha value is -3.22. The van der Waals surface area contributed by atoms with Crippen LogP contribution in [0.1, 0.15) is 48.3 Å². The van der Waals surface area contributed by atoms with Crippen LogP contribution in [0.3, 0.4) is 0 Å². The maximum Gasteiger partial charge on any atom is 0.0658 e. The van der Waals surface area contributed by atoms with Crippen molar-refractivity contribution in [1.82, 2.24) is 20.1 Å². The average Bonchev–Trinajstić information content (AvgIpc) is 3.72. The monoisotopic (exact) mass is 511 g/mol. The molecule has 6 nitrogen and oxygen atoms in total. The van der Waals surface area contributed by atoms with Gasteiger partial charge >= 0.3 is 0 Å². The van der Waals surface area contributed by atoms with Crippen molar-refractivity contribution in [2.45, 2.75) is 52.5 Å². The van der Waals surface area contributed by atoms with Crippen LogP contribution in [0.5, 0.6) is 0 Å². The lowest BCUT2D eigenvalue weighted by Gasteiger charge is -2.31. The van der Waals surface area contributed by atoms with Crippen LogP contribution < -0.4 is 16.0 Å². The molecular weight excluding hydrogens is 468 g/mol. The molecule has 5 heterocycles. The molecule has 6 heteroatoms. The van der Waals surface area contributed by atoms with Crippen LogP contribution in [0.25, 0.3) is 12.2 Å². The molecule has 2 N–H and O–H groups in total. The predicted molar refractivity (Wildman–Crippen MR) is 161 cm³/mol. The minimum Gasteiger partial charge on any atom is -0.376 e. The first-order valence-electron chi connectivity index (χ1n) is 14.8. The molecule has 2 unspecified atom stereocenters. The number of hydrogen-bond donors (Lipinski definition) is 2. The van der Waals surface area contributed by atoms with Crippen molar-refractivity contribution in [3.05, 3.63) is 82.0 Å². The largest absolute Gasteiger partial charge is 0.376 e. The maximum atomic E-state index is 9.67. The van der Waals surface area contributed by atoms with E-state index in [9.17, 15) is 1.37 Å². The fraction of sp³-hybridized carbons (Fsp3) is 0.438. The lowest BCUT2D eigenvalue weighted by molar-refractivity contribution is 0.266. The summed E-state index contributed by atoms with van der Waals surface area (Å²) in [5.41, 5.74) is 5.29. The normalized spacial score (nSPS) is 28.7. The van der Waals surface area contributed by atoms with Crippen molar-refractivity contribution >= 4 is 23.6 Å². The SMILES string of the molecule is [2H]C1C(CCN(CC)CC)=C2/C=C3/C=CC(=N3)/C=c3/cc/c([nH]3)=C/C3=NC(=C\C1(CCN(CC)CC)N2)/C=C3. The summed E-state index contributed by atoms with van der Waals surface area (Å²) in [5.74, 6) is 0. The first kappa shape index (κ1) is 25.1. The van der Waals surface area contributed by atoms with E-state index in [2.05, 4.69) is 109 Å². The molecule has 0 saturated heterocycles. The summed E-state index contributed by atoms with van der Waals surface area (Å²) < 4.78 is 9.67. The van der Waals surface area contributed by atoms with E-state index in [1.165, 1.54) is 0 Å². The standard InChI is InChI=1S/C32H42N6/c1-5-37(6-2)17-15-24-22-32(16-18-38(7-3)8-4)23-30-14-13-28(35-30)20-26-10-9-25(33-26)19-27-11-12-29(34-27)21-31(24)36-32/h9-14,19-21,23,33,36H,5-8,15-18,22H2,1-4H3/b25-19-,26-20-,29-21-,30-23-/i22D. The Balaban J connectivity index is 1.62. The van der Waals surface area contributed by atoms with Crippen LogP contribution in [0, 0.1) is 0 Å². The number of aromatic amines is 1. The second-order valence-electron chi connectivity index (χ2n) is 10.3. The molecule has 0 radical (unpaired) electrons. The molecule has 1 aromatic heterocycles. The number of hydrogen-bond acceptors (Lipinski definition) is 5. The molecule has 1 aromatic rings. The Labute approximate surface area is 228 Å². The fourth-order valence-electron chi connectivity index (χ4n) is 5.52. The Morgan fingerprint density at radius 1 is 0.816 bits per heavy atom. The molecule has 38 heavy (non-hydrogen) atoms. The van der Waals surface area contributed by atoms with E-state index in [1.54, 1.807) is 0 Å². The fourth-order valence-corrected chi connectivity index (χ4v) is 5.52. The molecule has 0 fully saturated rings. The zero-order valence-electron chi connectivity index (χ0n) is 24.3. The number of rotatable bonds is 10. The van der Waals surface area contributed by atoms with E-state index in [0.29, 0.717) is 0 Å². The maximum absolute atomic E-state index is 9.67. The van der Waals surface area contributed by atoms with Crippen LogP contribution in [0.2, 0.25) is 0 Å². The van der Waals surface area contributed by atoms with Crippen molar-refractivity contribution in [3.63, 3.8) is 0 Å². The summed E-state index contributed by atoms with van der Waals surface area (Å²) in [7, 11) is 0. The van der Waals surface area contributed by atoms with Crippen molar-refractivity contribution in [1.29, 1.82) is 0 Å². The van der Waals surface area contributed by atoms with E-state index < -0.39 is 11.9 Å². The summed E-state index contributed by atoms with van der Waals surface area (Å²) in [6.07, 6.45) is 18.0. The summed E-state index contributed by atoms with van der Waals surface area (Å²) in [5, 5.41) is 5.89. The Kier molecular flexibility index (Phi) is 7.70. The van der Waals surface area contributed by atoms with Crippen molar-refractivity contribution in [3.8, 4) is 0 Å². The van der Waals surface area contributed by atoms with Crippen LogP contribution in [-0.2, 0) is 0 Å². The molecule has 8 bridgehead atoms. The smallest absolute Gasteiger partial charge is 0.0658 e. The number of nitrogens with one attached hydrogen (secondary N) is 2. The van der Waals surface area contributed by atoms with Gasteiger partial charge in [0.05, 0.1) is 28.4 Å². The van der Waals surface area contributed by atoms with Gasteiger partial charge in [-0.05, 0) is 112 Å². The van der Waals surface area contributed by atoms with Gasteiger partial charge in [-0.15, -0.1) is 0 Å². The minimum absolute atomic E-state index is 0.416. The van der Waals surface area contributed by atoms with Gasteiger partial charge in [-0.1, -0.05) is 27.7 Å². The summed E-state index contributed by atoms with van der Waals surface area (Å²) in [6, 6.07) is 4.14. The van der Waals surface area contributed by atoms with Gasteiger partial charge < -0.3 is 20.1 Å². The zero-order chi connectivity index (χ0) is 27.4. The molecule has 0 aliphatic carbocycles.